The van der Waals surface area contributed by atoms with Crippen LogP contribution in [0.4, 0.5) is 5.82 Å². The van der Waals surface area contributed by atoms with Crippen molar-refractivity contribution >= 4 is 17.6 Å². The van der Waals surface area contributed by atoms with Gasteiger partial charge >= 0.3 is 0 Å². The molecular weight excluding hydrogens is 182 g/mol. The van der Waals surface area contributed by atoms with Crippen LogP contribution in [0.3, 0.4) is 0 Å². The summed E-state index contributed by atoms with van der Waals surface area (Å²) in [5.74, 6) is -0.312. The normalized spacial score (nSPS) is 9.57. The molecule has 0 aliphatic carbocycles. The van der Waals surface area contributed by atoms with Gasteiger partial charge in [0.25, 0.3) is 5.91 Å². The molecule has 3 N–H and O–H groups in total. The number of anilines is 1. The Balaban J connectivity index is 3.00. The van der Waals surface area contributed by atoms with E-state index in [0.29, 0.717) is 16.9 Å². The first-order valence-electron chi connectivity index (χ1n) is 4.04. The van der Waals surface area contributed by atoms with Gasteiger partial charge in [0.2, 0.25) is 5.91 Å². The number of primary amides is 1. The van der Waals surface area contributed by atoms with E-state index in [4.69, 9.17) is 5.73 Å². The fraction of sp³-hybridized carbons (Fsp3) is 0.222. The highest BCUT2D eigenvalue weighted by atomic mass is 16.1. The van der Waals surface area contributed by atoms with Crippen molar-refractivity contribution in [2.45, 2.75) is 13.8 Å². The van der Waals surface area contributed by atoms with Gasteiger partial charge in [-0.25, -0.2) is 4.98 Å². The fourth-order valence-electron chi connectivity index (χ4n) is 1.06. The molecule has 0 radical (unpaired) electrons. The molecule has 1 aromatic rings. The first-order chi connectivity index (χ1) is 6.50. The molecule has 14 heavy (non-hydrogen) atoms. The van der Waals surface area contributed by atoms with E-state index in [1.54, 1.807) is 13.0 Å². The fourth-order valence-corrected chi connectivity index (χ4v) is 1.06. The second kappa shape index (κ2) is 3.87. The molecule has 5 heteroatoms. The van der Waals surface area contributed by atoms with Crippen molar-refractivity contribution in [3.8, 4) is 0 Å². The lowest BCUT2D eigenvalue weighted by molar-refractivity contribution is -0.114. The number of carbonyl (C=O) groups excluding carboxylic acids is 2. The van der Waals surface area contributed by atoms with Gasteiger partial charge in [-0.3, -0.25) is 9.59 Å². The lowest BCUT2D eigenvalue weighted by Gasteiger charge is -2.04. The van der Waals surface area contributed by atoms with Crippen molar-refractivity contribution in [1.29, 1.82) is 0 Å². The van der Waals surface area contributed by atoms with Crippen LogP contribution < -0.4 is 11.1 Å². The van der Waals surface area contributed by atoms with Crippen LogP contribution in [0.1, 0.15) is 22.8 Å². The molecule has 0 saturated heterocycles. The summed E-state index contributed by atoms with van der Waals surface area (Å²) in [5.41, 5.74) is 6.15. The van der Waals surface area contributed by atoms with Crippen LogP contribution in [-0.2, 0) is 4.79 Å². The van der Waals surface area contributed by atoms with Crippen LogP contribution in [0, 0.1) is 6.92 Å². The molecule has 1 aromatic heterocycles. The molecule has 0 aliphatic rings. The van der Waals surface area contributed by atoms with Gasteiger partial charge in [0, 0.05) is 13.1 Å². The van der Waals surface area contributed by atoms with Crippen molar-refractivity contribution in [1.82, 2.24) is 4.98 Å². The Hall–Kier alpha value is -1.91. The summed E-state index contributed by atoms with van der Waals surface area (Å²) in [6.45, 7) is 3.12. The number of amides is 2. The molecule has 0 aromatic carbocycles. The number of nitrogens with two attached hydrogens (primary N) is 1. The molecule has 1 heterocycles. The Labute approximate surface area is 81.3 Å². The van der Waals surface area contributed by atoms with Crippen molar-refractivity contribution in [2.75, 3.05) is 5.32 Å². The van der Waals surface area contributed by atoms with Gasteiger partial charge in [-0.1, -0.05) is 0 Å². The first-order valence-corrected chi connectivity index (χ1v) is 4.04. The molecular formula is C9H11N3O2. The molecule has 0 atom stereocenters. The van der Waals surface area contributed by atoms with E-state index < -0.39 is 5.91 Å². The minimum Gasteiger partial charge on any atom is -0.366 e. The van der Waals surface area contributed by atoms with E-state index >= 15 is 0 Å². The molecule has 0 fully saturated rings. The van der Waals surface area contributed by atoms with Gasteiger partial charge in [-0.05, 0) is 18.6 Å². The lowest BCUT2D eigenvalue weighted by Crippen LogP contribution is -2.14. The number of carbonyl (C=O) groups is 2. The topological polar surface area (TPSA) is 85.1 Å². The number of aryl methyl sites for hydroxylation is 1. The molecule has 0 saturated carbocycles. The Kier molecular flexibility index (Phi) is 2.81. The highest BCUT2D eigenvalue weighted by Gasteiger charge is 2.06. The number of rotatable bonds is 2. The van der Waals surface area contributed by atoms with Crippen LogP contribution in [0.2, 0.25) is 0 Å². The van der Waals surface area contributed by atoms with Crippen molar-refractivity contribution in [2.24, 2.45) is 5.73 Å². The summed E-state index contributed by atoms with van der Waals surface area (Å²) in [6, 6.07) is 1.60. The second-order valence-electron chi connectivity index (χ2n) is 2.93. The Morgan fingerprint density at radius 3 is 2.57 bits per heavy atom. The zero-order chi connectivity index (χ0) is 10.7. The monoisotopic (exact) mass is 193 g/mol. The minimum absolute atomic E-state index is 0.205. The highest BCUT2D eigenvalue weighted by Crippen LogP contribution is 2.10. The van der Waals surface area contributed by atoms with Gasteiger partial charge in [0.05, 0.1) is 5.56 Å². The number of hydrogen-bond donors (Lipinski definition) is 2. The van der Waals surface area contributed by atoms with E-state index in [9.17, 15) is 9.59 Å². The molecule has 0 spiro atoms. The molecule has 2 amide bonds. The van der Waals surface area contributed by atoms with Crippen LogP contribution in [0.5, 0.6) is 0 Å². The van der Waals surface area contributed by atoms with Gasteiger partial charge < -0.3 is 11.1 Å². The minimum atomic E-state index is -0.524. The summed E-state index contributed by atoms with van der Waals surface area (Å²) in [7, 11) is 0. The van der Waals surface area contributed by atoms with Gasteiger partial charge in [0.1, 0.15) is 5.82 Å². The standard InChI is InChI=1S/C9H11N3O2/c1-5-3-8(12-6(2)13)11-4-7(5)9(10)14/h3-4H,1-2H3,(H2,10,14)(H,11,12,13). The average Bonchev–Trinajstić information content (AvgIpc) is 2.01. The average molecular weight is 193 g/mol. The molecule has 74 valence electrons. The zero-order valence-electron chi connectivity index (χ0n) is 8.00. The van der Waals surface area contributed by atoms with Crippen LogP contribution in [0.15, 0.2) is 12.3 Å². The van der Waals surface area contributed by atoms with Crippen molar-refractivity contribution in [3.05, 3.63) is 23.4 Å². The predicted molar refractivity (Wildman–Crippen MR) is 51.8 cm³/mol. The quantitative estimate of drug-likeness (QED) is 0.714. The molecule has 1 rings (SSSR count). The third kappa shape index (κ3) is 2.29. The van der Waals surface area contributed by atoms with E-state index in [2.05, 4.69) is 10.3 Å². The SMILES string of the molecule is CC(=O)Nc1cc(C)c(C(N)=O)cn1. The maximum absolute atomic E-state index is 10.9. The number of hydrogen-bond acceptors (Lipinski definition) is 3. The van der Waals surface area contributed by atoms with E-state index in [0.717, 1.165) is 0 Å². The third-order valence-electron chi connectivity index (χ3n) is 1.68. The van der Waals surface area contributed by atoms with Crippen LogP contribution in [-0.4, -0.2) is 16.8 Å². The predicted octanol–water partition coefficient (Wildman–Crippen LogP) is 0.447. The Morgan fingerprint density at radius 2 is 2.14 bits per heavy atom. The summed E-state index contributed by atoms with van der Waals surface area (Å²) < 4.78 is 0. The Bertz CT molecular complexity index is 388. The van der Waals surface area contributed by atoms with E-state index in [-0.39, 0.29) is 5.91 Å². The maximum atomic E-state index is 10.9. The van der Waals surface area contributed by atoms with Crippen molar-refractivity contribution < 1.29 is 9.59 Å². The van der Waals surface area contributed by atoms with Crippen LogP contribution in [0.25, 0.3) is 0 Å². The number of pyridine rings is 1. The largest absolute Gasteiger partial charge is 0.366 e. The van der Waals surface area contributed by atoms with Crippen molar-refractivity contribution in [3.63, 3.8) is 0 Å². The zero-order valence-corrected chi connectivity index (χ0v) is 8.00. The number of aromatic nitrogens is 1. The number of nitrogens with one attached hydrogen (secondary N) is 1. The first kappa shape index (κ1) is 10.2. The summed E-state index contributed by atoms with van der Waals surface area (Å²) in [5, 5.41) is 2.51. The summed E-state index contributed by atoms with van der Waals surface area (Å²) in [6.07, 6.45) is 1.35. The molecule has 5 nitrogen and oxygen atoms in total. The third-order valence-corrected chi connectivity index (χ3v) is 1.68. The van der Waals surface area contributed by atoms with E-state index in [1.807, 2.05) is 0 Å². The number of nitrogens with zero attached hydrogens (tertiary/aromatic N) is 1. The molecule has 0 unspecified atom stereocenters. The van der Waals surface area contributed by atoms with Gasteiger partial charge in [0.15, 0.2) is 0 Å². The van der Waals surface area contributed by atoms with Gasteiger partial charge in [-0.15, -0.1) is 0 Å². The second-order valence-corrected chi connectivity index (χ2v) is 2.93. The summed E-state index contributed by atoms with van der Waals surface area (Å²) >= 11 is 0. The summed E-state index contributed by atoms with van der Waals surface area (Å²) in [4.78, 5) is 25.4. The smallest absolute Gasteiger partial charge is 0.250 e. The molecule has 0 bridgehead atoms. The Morgan fingerprint density at radius 1 is 1.50 bits per heavy atom. The lowest BCUT2D eigenvalue weighted by atomic mass is 10.1. The molecule has 0 aliphatic heterocycles. The van der Waals surface area contributed by atoms with E-state index in [1.165, 1.54) is 13.1 Å². The van der Waals surface area contributed by atoms with Crippen LogP contribution >= 0.6 is 0 Å². The van der Waals surface area contributed by atoms with Gasteiger partial charge in [-0.2, -0.15) is 0 Å². The maximum Gasteiger partial charge on any atom is 0.250 e. The highest BCUT2D eigenvalue weighted by molar-refractivity contribution is 5.94.